The number of likely N-dealkylation sites (tertiary alicyclic amines) is 1. The number of halogens is 4. The quantitative estimate of drug-likeness (QED) is 0.237. The number of hydrogen-bond donors (Lipinski definition) is 0. The number of pyridine rings is 1. The summed E-state index contributed by atoms with van der Waals surface area (Å²) in [4.78, 5) is 28.0. The van der Waals surface area contributed by atoms with Gasteiger partial charge in [0, 0.05) is 54.3 Å². The number of rotatable bonds is 6. The van der Waals surface area contributed by atoms with Crippen molar-refractivity contribution in [3.05, 3.63) is 64.9 Å². The fourth-order valence-electron chi connectivity index (χ4n) is 6.23. The number of likely N-dealkylation sites (N-methyl/N-ethyl adjacent to an activating group) is 1. The third-order valence-corrected chi connectivity index (χ3v) is 9.33. The van der Waals surface area contributed by atoms with Gasteiger partial charge in [0.2, 0.25) is 5.91 Å². The normalized spacial score (nSPS) is 19.2. The van der Waals surface area contributed by atoms with Crippen LogP contribution in [-0.4, -0.2) is 76.1 Å². The maximum absolute atomic E-state index is 16.6. The van der Waals surface area contributed by atoms with Crippen molar-refractivity contribution < 1.29 is 13.6 Å². The summed E-state index contributed by atoms with van der Waals surface area (Å²) >= 11 is 13.0. The van der Waals surface area contributed by atoms with Crippen molar-refractivity contribution in [2.75, 3.05) is 38.6 Å². The van der Waals surface area contributed by atoms with E-state index < -0.39 is 11.6 Å². The highest BCUT2D eigenvalue weighted by atomic mass is 35.5. The van der Waals surface area contributed by atoms with E-state index >= 15 is 4.39 Å². The highest BCUT2D eigenvalue weighted by molar-refractivity contribution is 6.37. The number of amides is 1. The summed E-state index contributed by atoms with van der Waals surface area (Å²) in [5.74, 6) is -1.05. The van der Waals surface area contributed by atoms with Crippen LogP contribution < -0.4 is 4.90 Å². The predicted molar refractivity (Wildman–Crippen MR) is 164 cm³/mol. The molecule has 0 unspecified atom stereocenters. The summed E-state index contributed by atoms with van der Waals surface area (Å²) in [5, 5.41) is 9.78. The third kappa shape index (κ3) is 4.89. The van der Waals surface area contributed by atoms with Gasteiger partial charge in [0.1, 0.15) is 16.9 Å². The van der Waals surface area contributed by atoms with Crippen LogP contribution in [0.5, 0.6) is 0 Å². The average Bonchev–Trinajstić information content (AvgIpc) is 3.40. The van der Waals surface area contributed by atoms with Crippen molar-refractivity contribution in [1.82, 2.24) is 24.3 Å². The number of carbonyl (C=O) groups excluding carboxylic acids is 1. The molecular formula is C31H29Cl2F2N7O. The van der Waals surface area contributed by atoms with Gasteiger partial charge >= 0.3 is 0 Å². The number of carbonyl (C=O) groups is 1. The standard InChI is InChI=1S/C31H29Cl2F2N7O/c1-4-24(43)41-11-9-18(12-17(41)8-10-36)42-16-37-29-30(42)21-13-22(32)25(20-6-5-7-23(34)26(20)33)27(35)28(21)38-31(29)40-14-19(15-40)39(2)3/h4-7,13,16-19H,1,8-9,11-12,14-15H2,2-3H3/t17-,18+/m1/s1. The Bertz CT molecular complexity index is 1810. The molecule has 43 heavy (non-hydrogen) atoms. The van der Waals surface area contributed by atoms with Crippen molar-refractivity contribution in [3.8, 4) is 17.2 Å². The van der Waals surface area contributed by atoms with E-state index in [9.17, 15) is 14.4 Å². The molecule has 1 amide bonds. The van der Waals surface area contributed by atoms with E-state index in [1.165, 1.54) is 24.3 Å². The Morgan fingerprint density at radius 2 is 2.02 bits per heavy atom. The number of nitriles is 1. The van der Waals surface area contributed by atoms with E-state index in [1.807, 2.05) is 18.7 Å². The Balaban J connectivity index is 1.55. The summed E-state index contributed by atoms with van der Waals surface area (Å²) in [7, 11) is 4.02. The first-order valence-corrected chi connectivity index (χ1v) is 14.7. The Morgan fingerprint density at radius 3 is 2.72 bits per heavy atom. The topological polar surface area (TPSA) is 81.3 Å². The first kappa shape index (κ1) is 29.3. The van der Waals surface area contributed by atoms with Gasteiger partial charge in [-0.25, -0.2) is 18.7 Å². The van der Waals surface area contributed by atoms with Crippen molar-refractivity contribution in [3.63, 3.8) is 0 Å². The molecule has 0 saturated carbocycles. The molecule has 0 N–H and O–H groups in total. The zero-order chi connectivity index (χ0) is 30.6. The van der Waals surface area contributed by atoms with Crippen LogP contribution in [0.2, 0.25) is 10.0 Å². The molecule has 2 aromatic carbocycles. The van der Waals surface area contributed by atoms with Crippen molar-refractivity contribution in [2.24, 2.45) is 0 Å². The largest absolute Gasteiger partial charge is 0.351 e. The van der Waals surface area contributed by atoms with Crippen molar-refractivity contribution >= 4 is 56.9 Å². The van der Waals surface area contributed by atoms with Gasteiger partial charge in [-0.1, -0.05) is 41.9 Å². The number of anilines is 1. The van der Waals surface area contributed by atoms with Crippen molar-refractivity contribution in [2.45, 2.75) is 37.4 Å². The van der Waals surface area contributed by atoms with E-state index in [-0.39, 0.29) is 51.1 Å². The summed E-state index contributed by atoms with van der Waals surface area (Å²) in [6.45, 7) is 5.42. The summed E-state index contributed by atoms with van der Waals surface area (Å²) < 4.78 is 33.0. The van der Waals surface area contributed by atoms with E-state index in [0.717, 1.165) is 0 Å². The predicted octanol–water partition coefficient (Wildman–Crippen LogP) is 6.22. The van der Waals surface area contributed by atoms with Gasteiger partial charge in [0.15, 0.2) is 11.6 Å². The summed E-state index contributed by atoms with van der Waals surface area (Å²) in [5.41, 5.74) is 1.46. The molecule has 6 rings (SSSR count). The van der Waals surface area contributed by atoms with E-state index in [0.29, 0.717) is 60.8 Å². The molecule has 0 aliphatic carbocycles. The Labute approximate surface area is 257 Å². The lowest BCUT2D eigenvalue weighted by Gasteiger charge is -2.43. The van der Waals surface area contributed by atoms with E-state index in [4.69, 9.17) is 33.2 Å². The van der Waals surface area contributed by atoms with E-state index in [1.54, 1.807) is 17.3 Å². The lowest BCUT2D eigenvalue weighted by Crippen LogP contribution is -2.57. The monoisotopic (exact) mass is 623 g/mol. The number of benzene rings is 2. The molecule has 222 valence electrons. The second kappa shape index (κ2) is 11.4. The minimum atomic E-state index is -0.704. The van der Waals surface area contributed by atoms with Gasteiger partial charge in [-0.15, -0.1) is 0 Å². The molecule has 2 atom stereocenters. The molecule has 2 fully saturated rings. The van der Waals surface area contributed by atoms with Crippen LogP contribution in [0.15, 0.2) is 43.2 Å². The van der Waals surface area contributed by atoms with Crippen LogP contribution in [0.25, 0.3) is 33.1 Å². The molecule has 0 radical (unpaired) electrons. The Morgan fingerprint density at radius 1 is 1.26 bits per heavy atom. The highest BCUT2D eigenvalue weighted by Crippen LogP contribution is 2.44. The van der Waals surface area contributed by atoms with Crippen LogP contribution in [0.4, 0.5) is 14.6 Å². The smallest absolute Gasteiger partial charge is 0.246 e. The number of hydrogen-bond acceptors (Lipinski definition) is 6. The second-order valence-corrected chi connectivity index (χ2v) is 12.1. The van der Waals surface area contributed by atoms with Gasteiger partial charge < -0.3 is 19.3 Å². The van der Waals surface area contributed by atoms with E-state index in [2.05, 4.69) is 22.4 Å². The fraction of sp³-hybridized carbons (Fsp3) is 0.355. The SMILES string of the molecule is C=CC(=O)N1CC[C@H](n2cnc3c(N4CC(N(C)C)C4)nc4c(F)c(-c5cccc(F)c5Cl)c(Cl)cc4c32)C[C@H]1CC#N. The number of aromatic nitrogens is 3. The summed E-state index contributed by atoms with van der Waals surface area (Å²) in [6.07, 6.45) is 4.28. The van der Waals surface area contributed by atoms with Crippen molar-refractivity contribution in [1.29, 1.82) is 5.26 Å². The van der Waals surface area contributed by atoms with Gasteiger partial charge in [-0.2, -0.15) is 5.26 Å². The number of fused-ring (bicyclic) bond motifs is 3. The van der Waals surface area contributed by atoms with Crippen LogP contribution in [0.1, 0.15) is 25.3 Å². The Hall–Kier alpha value is -3.78. The van der Waals surface area contributed by atoms with Crippen LogP contribution in [-0.2, 0) is 4.79 Å². The summed E-state index contributed by atoms with van der Waals surface area (Å²) in [6, 6.07) is 7.89. The molecule has 2 aliphatic rings. The molecule has 12 heteroatoms. The van der Waals surface area contributed by atoms with Gasteiger partial charge in [0.05, 0.1) is 34.4 Å². The molecule has 4 heterocycles. The molecule has 2 aromatic heterocycles. The maximum atomic E-state index is 16.6. The van der Waals surface area contributed by atoms with Gasteiger partial charge in [0.25, 0.3) is 0 Å². The van der Waals surface area contributed by atoms with Crippen LogP contribution in [0.3, 0.4) is 0 Å². The van der Waals surface area contributed by atoms with Gasteiger partial charge in [-0.3, -0.25) is 4.79 Å². The lowest BCUT2D eigenvalue weighted by atomic mass is 9.94. The molecule has 8 nitrogen and oxygen atoms in total. The van der Waals surface area contributed by atoms with Gasteiger partial charge in [-0.05, 0) is 45.1 Å². The molecule has 0 spiro atoms. The molecule has 0 bridgehead atoms. The highest BCUT2D eigenvalue weighted by Gasteiger charge is 2.35. The maximum Gasteiger partial charge on any atom is 0.246 e. The minimum Gasteiger partial charge on any atom is -0.351 e. The zero-order valence-electron chi connectivity index (χ0n) is 23.7. The first-order valence-electron chi connectivity index (χ1n) is 14.0. The number of piperidine rings is 1. The second-order valence-electron chi connectivity index (χ2n) is 11.3. The van der Waals surface area contributed by atoms with Crippen LogP contribution in [0, 0.1) is 23.0 Å². The van der Waals surface area contributed by atoms with Crippen LogP contribution >= 0.6 is 23.2 Å². The Kier molecular flexibility index (Phi) is 7.75. The first-order chi connectivity index (χ1) is 20.6. The molecule has 2 saturated heterocycles. The third-order valence-electron chi connectivity index (χ3n) is 8.65. The number of nitrogens with zero attached hydrogens (tertiary/aromatic N) is 7. The molecule has 2 aliphatic heterocycles. The minimum absolute atomic E-state index is 0.0253. The average molecular weight is 625 g/mol. The molecule has 4 aromatic rings. The molecular weight excluding hydrogens is 595 g/mol. The lowest BCUT2D eigenvalue weighted by molar-refractivity contribution is -0.130. The fourth-order valence-corrected chi connectivity index (χ4v) is 6.75. The zero-order valence-corrected chi connectivity index (χ0v) is 25.2. The number of imidazole rings is 1.